The van der Waals surface area contributed by atoms with Gasteiger partial charge in [0.25, 0.3) is 0 Å². The Morgan fingerprint density at radius 2 is 2.44 bits per heavy atom. The summed E-state index contributed by atoms with van der Waals surface area (Å²) in [5.41, 5.74) is 3.44. The van der Waals surface area contributed by atoms with Crippen molar-refractivity contribution < 1.29 is 10.1 Å². The number of hydroxylamine groups is 1. The highest BCUT2D eigenvalue weighted by molar-refractivity contribution is 7.07. The molecule has 0 fully saturated rings. The first-order valence-corrected chi connectivity index (χ1v) is 3.12. The molecule has 0 aliphatic carbocycles. The molecule has 3 unspecified atom stereocenters. The summed E-state index contributed by atoms with van der Waals surface area (Å²) in [6.07, 6.45) is 0. The molecule has 0 bridgehead atoms. The lowest BCUT2D eigenvalue weighted by atomic mass is 10.8. The van der Waals surface area contributed by atoms with E-state index >= 15 is 0 Å². The Bertz CT molecular complexity index is 89.9. The highest BCUT2D eigenvalue weighted by Gasteiger charge is 1.93. The molecule has 0 aliphatic heterocycles. The first-order chi connectivity index (χ1) is 4.22. The number of rotatable bonds is 4. The minimum Gasteiger partial charge on any atom is -0.584 e. The second-order valence-electron chi connectivity index (χ2n) is 1.40. The highest BCUT2D eigenvalue weighted by Crippen LogP contribution is 1.65. The van der Waals surface area contributed by atoms with Crippen molar-refractivity contribution >= 4 is 16.1 Å². The van der Waals surface area contributed by atoms with Gasteiger partial charge in [0, 0.05) is 0 Å². The van der Waals surface area contributed by atoms with Crippen molar-refractivity contribution in [3.63, 3.8) is 0 Å². The first kappa shape index (κ1) is 8.78. The fourth-order valence-electron chi connectivity index (χ4n) is 0.313. The van der Waals surface area contributed by atoms with Crippen LogP contribution in [0, 0.1) is 5.21 Å². The van der Waals surface area contributed by atoms with Crippen LogP contribution in [-0.4, -0.2) is 13.3 Å². The maximum absolute atomic E-state index is 10.7. The number of hydrogen-bond acceptors (Lipinski definition) is 2. The van der Waals surface area contributed by atoms with E-state index in [1.807, 2.05) is 0 Å². The third kappa shape index (κ3) is 3.37. The Hall–Kier alpha value is -0.220. The Morgan fingerprint density at radius 3 is 2.78 bits per heavy atom. The smallest absolute Gasteiger partial charge is 0.119 e. The molecule has 0 aromatic carbocycles. The van der Waals surface area contributed by atoms with Gasteiger partial charge in [-0.05, 0) is 13.6 Å². The van der Waals surface area contributed by atoms with Crippen LogP contribution in [0.4, 0.5) is 0 Å². The van der Waals surface area contributed by atoms with Gasteiger partial charge in [-0.15, -0.1) is 0 Å². The Balaban J connectivity index is 3.44. The van der Waals surface area contributed by atoms with E-state index in [4.69, 9.17) is 0 Å². The zero-order valence-corrected chi connectivity index (χ0v) is 6.45. The molecule has 0 heterocycles. The van der Waals surface area contributed by atoms with Crippen LogP contribution in [-0.2, 0) is 0 Å². The standard InChI is InChI=1S/C3H11N4OP/c1-3-6(8)7(9)5-4-2/h6-7H,2-3,9H2,1H3. The number of nitrogens with zero attached hydrogens (tertiary/aromatic N) is 2. The van der Waals surface area contributed by atoms with E-state index in [1.165, 1.54) is 0 Å². The molecule has 0 saturated heterocycles. The van der Waals surface area contributed by atoms with Gasteiger partial charge in [-0.2, -0.15) is 4.89 Å². The van der Waals surface area contributed by atoms with Crippen LogP contribution in [0.5, 0.6) is 0 Å². The zero-order chi connectivity index (χ0) is 7.28. The topological polar surface area (TPSA) is 58.4 Å². The van der Waals surface area contributed by atoms with E-state index in [0.717, 1.165) is 0 Å². The molecule has 9 heavy (non-hydrogen) atoms. The molecule has 6 heteroatoms. The number of nitrogens with one attached hydrogen (secondary N) is 2. The van der Waals surface area contributed by atoms with Gasteiger partial charge >= 0.3 is 0 Å². The highest BCUT2D eigenvalue weighted by atomic mass is 31.0. The molecule has 0 aromatic rings. The van der Waals surface area contributed by atoms with Crippen molar-refractivity contribution in [3.05, 3.63) is 10.7 Å². The van der Waals surface area contributed by atoms with Gasteiger partial charge in [0.05, 0.1) is 0 Å². The molecular weight excluding hydrogens is 139 g/mol. The van der Waals surface area contributed by atoms with E-state index in [-0.39, 0.29) is 5.17 Å². The number of quaternary nitrogens is 2. The predicted molar refractivity (Wildman–Crippen MR) is 38.5 cm³/mol. The lowest BCUT2D eigenvalue weighted by Crippen LogP contribution is -3.51. The lowest BCUT2D eigenvalue weighted by molar-refractivity contribution is -1.41. The minimum absolute atomic E-state index is 0.0209. The molecule has 0 radical (unpaired) electrons. The maximum Gasteiger partial charge on any atom is 0.119 e. The van der Waals surface area contributed by atoms with Gasteiger partial charge in [0.15, 0.2) is 0 Å². The molecule has 0 spiro atoms. The lowest BCUT2D eigenvalue weighted by Gasteiger charge is -2.31. The average Bonchev–Trinajstić information content (AvgIpc) is 1.87. The van der Waals surface area contributed by atoms with Gasteiger partial charge in [0.1, 0.15) is 15.9 Å². The molecular formula is C3H11N4OP. The molecule has 2 N–H and O–H groups in total. The fourth-order valence-corrected chi connectivity index (χ4v) is 0.599. The third-order valence-electron chi connectivity index (χ3n) is 0.785. The summed E-state index contributed by atoms with van der Waals surface area (Å²) in [7, 11) is 2.21. The van der Waals surface area contributed by atoms with Crippen LogP contribution in [0.25, 0.3) is 5.53 Å². The van der Waals surface area contributed by atoms with Crippen molar-refractivity contribution in [2.24, 2.45) is 5.10 Å². The minimum atomic E-state index is -0.0209. The normalized spacial score (nSPS) is 16.3. The Morgan fingerprint density at radius 1 is 1.89 bits per heavy atom. The third-order valence-corrected chi connectivity index (χ3v) is 1.22. The van der Waals surface area contributed by atoms with Gasteiger partial charge < -0.3 is 15.8 Å². The van der Waals surface area contributed by atoms with E-state index in [0.29, 0.717) is 11.4 Å². The van der Waals surface area contributed by atoms with Gasteiger partial charge in [-0.1, -0.05) is 0 Å². The van der Waals surface area contributed by atoms with Crippen molar-refractivity contribution in [3.8, 4) is 0 Å². The van der Waals surface area contributed by atoms with Crippen LogP contribution in [0.3, 0.4) is 0 Å². The SMILES string of the molecule is C=N[N-][NH+](P)[NH+]([O-])CC. The van der Waals surface area contributed by atoms with Crippen LogP contribution >= 0.6 is 9.39 Å². The molecule has 3 atom stereocenters. The summed E-state index contributed by atoms with van der Waals surface area (Å²) in [6.45, 7) is 5.34. The molecule has 0 saturated carbocycles. The van der Waals surface area contributed by atoms with Crippen LogP contribution in [0.15, 0.2) is 5.10 Å². The summed E-state index contributed by atoms with van der Waals surface area (Å²) in [4.78, 5) is 0.340. The molecule has 0 rings (SSSR count). The molecule has 0 aromatic heterocycles. The van der Waals surface area contributed by atoms with E-state index in [9.17, 15) is 5.21 Å². The van der Waals surface area contributed by atoms with Crippen LogP contribution in [0.2, 0.25) is 0 Å². The summed E-state index contributed by atoms with van der Waals surface area (Å²) in [6, 6.07) is 0. The van der Waals surface area contributed by atoms with Crippen LogP contribution < -0.4 is 10.1 Å². The first-order valence-electron chi connectivity index (χ1n) is 2.54. The summed E-state index contributed by atoms with van der Waals surface area (Å²) in [5, 5.41) is 13.8. The van der Waals surface area contributed by atoms with Crippen molar-refractivity contribution in [2.75, 3.05) is 6.54 Å². The van der Waals surface area contributed by atoms with Crippen molar-refractivity contribution in [1.82, 2.24) is 0 Å². The van der Waals surface area contributed by atoms with Crippen molar-refractivity contribution in [1.29, 1.82) is 0 Å². The van der Waals surface area contributed by atoms with E-state index in [2.05, 4.69) is 26.7 Å². The monoisotopic (exact) mass is 150 g/mol. The maximum atomic E-state index is 10.7. The second kappa shape index (κ2) is 4.64. The van der Waals surface area contributed by atoms with Crippen LogP contribution in [0.1, 0.15) is 6.92 Å². The summed E-state index contributed by atoms with van der Waals surface area (Å²) >= 11 is 0. The molecule has 0 amide bonds. The largest absolute Gasteiger partial charge is 0.584 e. The fraction of sp³-hybridized carbons (Fsp3) is 0.667. The van der Waals surface area contributed by atoms with Gasteiger partial charge in [0.2, 0.25) is 0 Å². The zero-order valence-electron chi connectivity index (χ0n) is 5.29. The summed E-state index contributed by atoms with van der Waals surface area (Å²) < 4.78 is 0. The molecule has 54 valence electrons. The summed E-state index contributed by atoms with van der Waals surface area (Å²) in [5.74, 6) is 0. The Kier molecular flexibility index (Phi) is 4.53. The predicted octanol–water partition coefficient (Wildman–Crippen LogP) is -2.12. The average molecular weight is 150 g/mol. The second-order valence-corrected chi connectivity index (χ2v) is 1.95. The van der Waals surface area contributed by atoms with E-state index < -0.39 is 0 Å². The van der Waals surface area contributed by atoms with E-state index in [1.54, 1.807) is 6.92 Å². The van der Waals surface area contributed by atoms with Gasteiger partial charge in [-0.3, -0.25) is 0 Å². The van der Waals surface area contributed by atoms with Gasteiger partial charge in [-0.25, -0.2) is 5.17 Å². The van der Waals surface area contributed by atoms with Crippen molar-refractivity contribution in [2.45, 2.75) is 6.92 Å². The number of hydrogen-bond donors (Lipinski definition) is 2. The Labute approximate surface area is 56.5 Å². The molecule has 0 aliphatic rings. The quantitative estimate of drug-likeness (QED) is 0.269. The molecule has 5 nitrogen and oxygen atoms in total.